The summed E-state index contributed by atoms with van der Waals surface area (Å²) >= 11 is 0. The van der Waals surface area contributed by atoms with Crippen LogP contribution in [0.1, 0.15) is 34.5 Å². The predicted octanol–water partition coefficient (Wildman–Crippen LogP) is 4.42. The average molecular weight is 395 g/mol. The molecule has 0 saturated carbocycles. The molecule has 0 spiro atoms. The van der Waals surface area contributed by atoms with Gasteiger partial charge in [-0.15, -0.1) is 0 Å². The molecule has 0 unspecified atom stereocenters. The molecule has 0 fully saturated rings. The molecule has 1 atom stereocenters. The van der Waals surface area contributed by atoms with Crippen molar-refractivity contribution < 1.29 is 23.1 Å². The minimum Gasteiger partial charge on any atom is -0.449 e. The third kappa shape index (κ3) is 5.04. The summed E-state index contributed by atoms with van der Waals surface area (Å²) in [6.07, 6.45) is -1.18. The second kappa shape index (κ2) is 9.10. The molecule has 0 radical (unpaired) electrons. The molecule has 0 aromatic heterocycles. The number of nitrogens with one attached hydrogen (secondary N) is 1. The Balaban J connectivity index is 1.74. The first kappa shape index (κ1) is 20.2. The summed E-state index contributed by atoms with van der Waals surface area (Å²) in [5.74, 6) is -3.44. The van der Waals surface area contributed by atoms with Crippen molar-refractivity contribution in [3.05, 3.63) is 107 Å². The molecule has 0 aliphatic carbocycles. The predicted molar refractivity (Wildman–Crippen MR) is 104 cm³/mol. The summed E-state index contributed by atoms with van der Waals surface area (Å²) in [5.41, 5.74) is 1.28. The lowest BCUT2D eigenvalue weighted by atomic mass is 9.98. The van der Waals surface area contributed by atoms with Crippen LogP contribution in [0.2, 0.25) is 0 Å². The third-order valence-corrected chi connectivity index (χ3v) is 4.36. The van der Waals surface area contributed by atoms with Crippen molar-refractivity contribution in [2.45, 2.75) is 19.1 Å². The van der Waals surface area contributed by atoms with Gasteiger partial charge in [-0.3, -0.25) is 4.79 Å². The highest BCUT2D eigenvalue weighted by Crippen LogP contribution is 2.22. The summed E-state index contributed by atoms with van der Waals surface area (Å²) in [4.78, 5) is 24.8. The molecule has 0 heterocycles. The summed E-state index contributed by atoms with van der Waals surface area (Å²) in [6, 6.07) is 20.8. The Labute approximate surface area is 167 Å². The summed E-state index contributed by atoms with van der Waals surface area (Å²) < 4.78 is 31.9. The van der Waals surface area contributed by atoms with E-state index in [1.807, 2.05) is 60.7 Å². The molecule has 1 amide bonds. The van der Waals surface area contributed by atoms with Crippen molar-refractivity contribution in [3.8, 4) is 0 Å². The number of ether oxygens (including phenoxy) is 1. The van der Waals surface area contributed by atoms with E-state index >= 15 is 0 Å². The monoisotopic (exact) mass is 395 g/mol. The molecule has 0 aliphatic rings. The first-order valence-electron chi connectivity index (χ1n) is 9.02. The highest BCUT2D eigenvalue weighted by molar-refractivity contribution is 5.92. The van der Waals surface area contributed by atoms with Crippen LogP contribution in [-0.2, 0) is 9.53 Å². The highest BCUT2D eigenvalue weighted by Gasteiger charge is 2.24. The Bertz CT molecular complexity index is 954. The zero-order valence-electron chi connectivity index (χ0n) is 15.6. The van der Waals surface area contributed by atoms with Gasteiger partial charge in [-0.25, -0.2) is 13.6 Å². The molecule has 3 rings (SSSR count). The van der Waals surface area contributed by atoms with Crippen LogP contribution in [0.4, 0.5) is 8.78 Å². The van der Waals surface area contributed by atoms with Crippen LogP contribution < -0.4 is 5.32 Å². The van der Waals surface area contributed by atoms with Gasteiger partial charge in [0.1, 0.15) is 11.6 Å². The SMILES string of the molecule is C[C@H](OC(=O)c1ccc(F)cc1F)C(=O)NC(c1ccccc1)c1ccccc1. The summed E-state index contributed by atoms with van der Waals surface area (Å²) in [6.45, 7) is 1.39. The lowest BCUT2D eigenvalue weighted by Gasteiger charge is -2.22. The molecule has 3 aromatic carbocycles. The van der Waals surface area contributed by atoms with Crippen molar-refractivity contribution in [3.63, 3.8) is 0 Å². The van der Waals surface area contributed by atoms with Crippen molar-refractivity contribution in [2.24, 2.45) is 0 Å². The highest BCUT2D eigenvalue weighted by atomic mass is 19.1. The fraction of sp³-hybridized carbons (Fsp3) is 0.130. The van der Waals surface area contributed by atoms with Gasteiger partial charge in [-0.2, -0.15) is 0 Å². The first-order valence-corrected chi connectivity index (χ1v) is 9.02. The zero-order valence-corrected chi connectivity index (χ0v) is 15.6. The van der Waals surface area contributed by atoms with E-state index in [1.165, 1.54) is 6.92 Å². The van der Waals surface area contributed by atoms with Crippen molar-refractivity contribution >= 4 is 11.9 Å². The largest absolute Gasteiger partial charge is 0.449 e. The average Bonchev–Trinajstić information content (AvgIpc) is 2.73. The number of amides is 1. The van der Waals surface area contributed by atoms with E-state index in [9.17, 15) is 18.4 Å². The number of rotatable bonds is 6. The molecular formula is C23H19F2NO3. The summed E-state index contributed by atoms with van der Waals surface area (Å²) in [7, 11) is 0. The van der Waals surface area contributed by atoms with E-state index in [0.29, 0.717) is 6.07 Å². The van der Waals surface area contributed by atoms with Gasteiger partial charge < -0.3 is 10.1 Å². The fourth-order valence-corrected chi connectivity index (χ4v) is 2.84. The Morgan fingerprint density at radius 2 is 1.41 bits per heavy atom. The molecule has 0 saturated heterocycles. The number of hydrogen-bond donors (Lipinski definition) is 1. The van der Waals surface area contributed by atoms with E-state index < -0.39 is 41.2 Å². The smallest absolute Gasteiger partial charge is 0.341 e. The van der Waals surface area contributed by atoms with E-state index in [2.05, 4.69) is 5.32 Å². The number of carbonyl (C=O) groups excluding carboxylic acids is 2. The number of hydrogen-bond acceptors (Lipinski definition) is 3. The van der Waals surface area contributed by atoms with Crippen LogP contribution in [0, 0.1) is 11.6 Å². The maximum Gasteiger partial charge on any atom is 0.341 e. The van der Waals surface area contributed by atoms with E-state index in [-0.39, 0.29) is 0 Å². The minimum atomic E-state index is -1.18. The van der Waals surface area contributed by atoms with Gasteiger partial charge in [-0.1, -0.05) is 60.7 Å². The van der Waals surface area contributed by atoms with Gasteiger partial charge >= 0.3 is 5.97 Å². The Hall–Kier alpha value is -3.54. The second-order valence-electron chi connectivity index (χ2n) is 6.43. The Kier molecular flexibility index (Phi) is 6.34. The van der Waals surface area contributed by atoms with Crippen molar-refractivity contribution in [1.29, 1.82) is 0 Å². The minimum absolute atomic E-state index is 0.436. The lowest BCUT2D eigenvalue weighted by Crippen LogP contribution is -2.38. The first-order chi connectivity index (χ1) is 14.0. The number of benzene rings is 3. The Morgan fingerprint density at radius 3 is 1.93 bits per heavy atom. The molecule has 1 N–H and O–H groups in total. The van der Waals surface area contributed by atoms with Crippen LogP contribution in [0.5, 0.6) is 0 Å². The maximum absolute atomic E-state index is 13.8. The molecule has 0 aliphatic heterocycles. The molecule has 29 heavy (non-hydrogen) atoms. The van der Waals surface area contributed by atoms with Gasteiger partial charge in [0, 0.05) is 6.07 Å². The zero-order chi connectivity index (χ0) is 20.8. The van der Waals surface area contributed by atoms with Gasteiger partial charge in [-0.05, 0) is 30.2 Å². The molecular weight excluding hydrogens is 376 g/mol. The topological polar surface area (TPSA) is 55.4 Å². The number of carbonyl (C=O) groups is 2. The molecule has 3 aromatic rings. The molecule has 4 nitrogen and oxygen atoms in total. The number of esters is 1. The van der Waals surface area contributed by atoms with Crippen molar-refractivity contribution in [2.75, 3.05) is 0 Å². The molecule has 148 valence electrons. The van der Waals surface area contributed by atoms with Crippen molar-refractivity contribution in [1.82, 2.24) is 5.32 Å². The standard InChI is InChI=1S/C23H19F2NO3/c1-15(29-23(28)19-13-12-18(24)14-20(19)25)22(27)26-21(16-8-4-2-5-9-16)17-10-6-3-7-11-17/h2-15,21H,1H3,(H,26,27)/t15-/m0/s1. The second-order valence-corrected chi connectivity index (χ2v) is 6.43. The van der Waals surface area contributed by atoms with Gasteiger partial charge in [0.05, 0.1) is 11.6 Å². The fourth-order valence-electron chi connectivity index (χ4n) is 2.84. The van der Waals surface area contributed by atoms with Gasteiger partial charge in [0.2, 0.25) is 0 Å². The van der Waals surface area contributed by atoms with Gasteiger partial charge in [0.15, 0.2) is 6.10 Å². The van der Waals surface area contributed by atoms with E-state index in [1.54, 1.807) is 0 Å². The molecule has 6 heteroatoms. The van der Waals surface area contributed by atoms with Gasteiger partial charge in [0.25, 0.3) is 5.91 Å². The van der Waals surface area contributed by atoms with Crippen LogP contribution in [-0.4, -0.2) is 18.0 Å². The number of halogens is 2. The lowest BCUT2D eigenvalue weighted by molar-refractivity contribution is -0.129. The normalized spacial score (nSPS) is 11.7. The third-order valence-electron chi connectivity index (χ3n) is 4.36. The van der Waals surface area contributed by atoms with Crippen LogP contribution >= 0.6 is 0 Å². The van der Waals surface area contributed by atoms with E-state index in [4.69, 9.17) is 4.74 Å². The molecule has 0 bridgehead atoms. The quantitative estimate of drug-likeness (QED) is 0.629. The Morgan fingerprint density at radius 1 is 0.862 bits per heavy atom. The van der Waals surface area contributed by atoms with Crippen LogP contribution in [0.15, 0.2) is 78.9 Å². The van der Waals surface area contributed by atoms with Crippen LogP contribution in [0.25, 0.3) is 0 Å². The van der Waals surface area contributed by atoms with E-state index in [0.717, 1.165) is 23.3 Å². The maximum atomic E-state index is 13.8. The summed E-state index contributed by atoms with van der Waals surface area (Å²) in [5, 5.41) is 2.86. The van der Waals surface area contributed by atoms with Crippen LogP contribution in [0.3, 0.4) is 0 Å².